The third-order valence-corrected chi connectivity index (χ3v) is 4.86. The first-order valence-corrected chi connectivity index (χ1v) is 9.39. The molecule has 0 amide bonds. The Balaban J connectivity index is 1.80. The Morgan fingerprint density at radius 1 is 1.36 bits per heavy atom. The van der Waals surface area contributed by atoms with Crippen LogP contribution in [-0.2, 0) is 35.0 Å². The van der Waals surface area contributed by atoms with Crippen LogP contribution in [0.25, 0.3) is 0 Å². The molecule has 0 atom stereocenters. The minimum Gasteiger partial charge on any atom is -0.446 e. The lowest BCUT2D eigenvalue weighted by Crippen LogP contribution is -2.37. The first-order valence-electron chi connectivity index (χ1n) is 7.95. The smallest absolute Gasteiger partial charge is 0.328 e. The zero-order valence-corrected chi connectivity index (χ0v) is 15.2. The topological polar surface area (TPSA) is 116 Å². The summed E-state index contributed by atoms with van der Waals surface area (Å²) in [7, 11) is -4.35. The molecule has 8 nitrogen and oxygen atoms in total. The van der Waals surface area contributed by atoms with E-state index in [9.17, 15) is 13.2 Å². The summed E-state index contributed by atoms with van der Waals surface area (Å²) in [6, 6.07) is 2.72. The van der Waals surface area contributed by atoms with Gasteiger partial charge in [0.2, 0.25) is 5.09 Å². The van der Waals surface area contributed by atoms with E-state index in [1.54, 1.807) is 0 Å². The number of fused-ring (bicyclic) bond motifs is 1. The largest absolute Gasteiger partial charge is 0.446 e. The molecule has 1 aliphatic heterocycles. The summed E-state index contributed by atoms with van der Waals surface area (Å²) >= 11 is 0. The van der Waals surface area contributed by atoms with E-state index >= 15 is 0 Å². The maximum Gasteiger partial charge on any atom is 0.328 e. The van der Waals surface area contributed by atoms with Gasteiger partial charge in [0.05, 0.1) is 17.8 Å². The maximum atomic E-state index is 12.4. The molecule has 2 N–H and O–H groups in total. The fraction of sp³-hybridized carbons (Fsp3) is 0.500. The normalized spacial score (nSPS) is 16.0. The first kappa shape index (κ1) is 17.8. The van der Waals surface area contributed by atoms with Gasteiger partial charge in [-0.1, -0.05) is 20.8 Å². The van der Waals surface area contributed by atoms with Crippen LogP contribution in [0.3, 0.4) is 0 Å². The predicted molar refractivity (Wildman–Crippen MR) is 89.9 cm³/mol. The van der Waals surface area contributed by atoms with Crippen molar-refractivity contribution in [2.45, 2.75) is 50.8 Å². The molecule has 0 unspecified atom stereocenters. The van der Waals surface area contributed by atoms with Crippen molar-refractivity contribution in [3.8, 4) is 0 Å². The van der Waals surface area contributed by atoms with Crippen molar-refractivity contribution in [1.29, 1.82) is 0 Å². The minimum absolute atomic E-state index is 0.141. The van der Waals surface area contributed by atoms with Gasteiger partial charge in [-0.2, -0.15) is 8.42 Å². The Morgan fingerprint density at radius 2 is 2.08 bits per heavy atom. The van der Waals surface area contributed by atoms with Crippen molar-refractivity contribution in [2.75, 3.05) is 6.54 Å². The van der Waals surface area contributed by atoms with Gasteiger partial charge >= 0.3 is 10.1 Å². The van der Waals surface area contributed by atoms with Gasteiger partial charge in [0, 0.05) is 24.9 Å². The Bertz CT molecular complexity index is 953. The summed E-state index contributed by atoms with van der Waals surface area (Å²) in [5.41, 5.74) is 1.06. The summed E-state index contributed by atoms with van der Waals surface area (Å²) in [6.07, 6.45) is 0.633. The van der Waals surface area contributed by atoms with Crippen LogP contribution in [0, 0.1) is 0 Å². The van der Waals surface area contributed by atoms with Gasteiger partial charge in [-0.25, -0.2) is 4.98 Å². The molecular formula is C16H21N3O5S. The van der Waals surface area contributed by atoms with Gasteiger partial charge in [-0.3, -0.25) is 14.2 Å². The lowest BCUT2D eigenvalue weighted by atomic mass is 9.95. The fourth-order valence-electron chi connectivity index (χ4n) is 2.77. The maximum absolute atomic E-state index is 12.4. The average Bonchev–Trinajstić information content (AvgIpc) is 2.95. The monoisotopic (exact) mass is 367 g/mol. The number of hydrogen-bond donors (Lipinski definition) is 2. The van der Waals surface area contributed by atoms with E-state index in [2.05, 4.69) is 9.97 Å². The number of aromatic nitrogens is 2. The second-order valence-electron chi connectivity index (χ2n) is 7.25. The zero-order valence-electron chi connectivity index (χ0n) is 14.4. The Hall–Kier alpha value is -1.97. The lowest BCUT2D eigenvalue weighted by Gasteiger charge is -2.28. The molecule has 2 aromatic heterocycles. The predicted octanol–water partition coefficient (Wildman–Crippen LogP) is 1.47. The number of hydrogen-bond acceptors (Lipinski definition) is 6. The Labute approximate surface area is 145 Å². The quantitative estimate of drug-likeness (QED) is 0.789. The molecule has 2 aromatic rings. The molecule has 9 heteroatoms. The van der Waals surface area contributed by atoms with Crippen LogP contribution < -0.4 is 5.56 Å². The molecule has 0 saturated carbocycles. The number of nitrogens with zero attached hydrogens (tertiary/aromatic N) is 2. The number of nitrogens with one attached hydrogen (secondary N) is 1. The molecule has 0 fully saturated rings. The molecule has 3 heterocycles. The van der Waals surface area contributed by atoms with E-state index in [1.165, 1.54) is 12.1 Å². The molecule has 25 heavy (non-hydrogen) atoms. The highest BCUT2D eigenvalue weighted by molar-refractivity contribution is 7.85. The molecular weight excluding hydrogens is 346 g/mol. The highest BCUT2D eigenvalue weighted by atomic mass is 32.2. The van der Waals surface area contributed by atoms with Crippen molar-refractivity contribution in [2.24, 2.45) is 0 Å². The summed E-state index contributed by atoms with van der Waals surface area (Å²) in [5.74, 6) is 1.08. The van der Waals surface area contributed by atoms with E-state index < -0.39 is 15.2 Å². The average molecular weight is 367 g/mol. The zero-order chi connectivity index (χ0) is 18.4. The second-order valence-corrected chi connectivity index (χ2v) is 8.60. The summed E-state index contributed by atoms with van der Waals surface area (Å²) in [5, 5.41) is -0.478. The molecule has 0 aromatic carbocycles. The van der Waals surface area contributed by atoms with Gasteiger partial charge < -0.3 is 9.40 Å². The standard InChI is InChI=1S/C16H21N3O5S/c1-16(2,3)15-17-12-6-7-19(9-11(12)14(20)18-15)8-10-4-5-13(24-10)25(21,22)23/h4-5H,6-9H2,1-3H3,(H,17,18,20)(H,21,22,23). The van der Waals surface area contributed by atoms with Crippen molar-refractivity contribution in [3.05, 3.63) is 45.3 Å². The van der Waals surface area contributed by atoms with E-state index in [-0.39, 0.29) is 11.0 Å². The molecule has 0 spiro atoms. The highest BCUT2D eigenvalue weighted by Crippen LogP contribution is 2.22. The third kappa shape index (κ3) is 3.83. The fourth-order valence-corrected chi connectivity index (χ4v) is 3.23. The van der Waals surface area contributed by atoms with E-state index in [0.29, 0.717) is 43.2 Å². The van der Waals surface area contributed by atoms with Crippen LogP contribution >= 0.6 is 0 Å². The second kappa shape index (κ2) is 6.08. The van der Waals surface area contributed by atoms with Crippen LogP contribution in [0.4, 0.5) is 0 Å². The van der Waals surface area contributed by atoms with E-state index in [4.69, 9.17) is 8.97 Å². The molecule has 0 radical (unpaired) electrons. The molecule has 0 bridgehead atoms. The molecule has 0 saturated heterocycles. The number of furan rings is 1. The van der Waals surface area contributed by atoms with Crippen LogP contribution in [0.5, 0.6) is 0 Å². The Morgan fingerprint density at radius 3 is 2.68 bits per heavy atom. The van der Waals surface area contributed by atoms with E-state index in [0.717, 1.165) is 5.69 Å². The number of aromatic amines is 1. The Kier molecular flexibility index (Phi) is 4.34. The van der Waals surface area contributed by atoms with Crippen LogP contribution in [0.15, 0.2) is 26.4 Å². The van der Waals surface area contributed by atoms with Gasteiger partial charge in [0.1, 0.15) is 11.6 Å². The minimum atomic E-state index is -4.35. The summed E-state index contributed by atoms with van der Waals surface area (Å²) in [6.45, 7) is 7.41. The van der Waals surface area contributed by atoms with Crippen molar-refractivity contribution < 1.29 is 17.4 Å². The molecule has 0 aliphatic carbocycles. The van der Waals surface area contributed by atoms with Gasteiger partial charge in [0.15, 0.2) is 0 Å². The van der Waals surface area contributed by atoms with Gasteiger partial charge in [0.25, 0.3) is 5.56 Å². The van der Waals surface area contributed by atoms with Crippen LogP contribution in [0.1, 0.15) is 43.6 Å². The molecule has 136 valence electrons. The van der Waals surface area contributed by atoms with Crippen molar-refractivity contribution in [3.63, 3.8) is 0 Å². The van der Waals surface area contributed by atoms with Crippen molar-refractivity contribution >= 4 is 10.1 Å². The molecule has 3 rings (SSSR count). The summed E-state index contributed by atoms with van der Waals surface area (Å²) in [4.78, 5) is 21.8. The summed E-state index contributed by atoms with van der Waals surface area (Å²) < 4.78 is 36.2. The highest BCUT2D eigenvalue weighted by Gasteiger charge is 2.25. The van der Waals surface area contributed by atoms with E-state index in [1.807, 2.05) is 25.7 Å². The molecule has 1 aliphatic rings. The SMILES string of the molecule is CC(C)(C)c1nc2c(c(=O)[nH]1)CN(Cc1ccc(S(=O)(=O)O)o1)CC2. The van der Waals surface area contributed by atoms with Gasteiger partial charge in [-0.15, -0.1) is 0 Å². The number of rotatable bonds is 3. The number of H-pyrrole nitrogens is 1. The third-order valence-electron chi connectivity index (χ3n) is 4.13. The van der Waals surface area contributed by atoms with Crippen LogP contribution in [-0.4, -0.2) is 34.4 Å². The van der Waals surface area contributed by atoms with Crippen LogP contribution in [0.2, 0.25) is 0 Å². The van der Waals surface area contributed by atoms with Gasteiger partial charge in [-0.05, 0) is 12.1 Å². The lowest BCUT2D eigenvalue weighted by molar-refractivity contribution is 0.215. The first-order chi connectivity index (χ1) is 11.5. The van der Waals surface area contributed by atoms with Crippen molar-refractivity contribution in [1.82, 2.24) is 14.9 Å².